The summed E-state index contributed by atoms with van der Waals surface area (Å²) in [5.41, 5.74) is -0.918. The summed E-state index contributed by atoms with van der Waals surface area (Å²) in [6.07, 6.45) is -0.568. The van der Waals surface area contributed by atoms with E-state index in [1.807, 2.05) is 0 Å². The van der Waals surface area contributed by atoms with Gasteiger partial charge in [-0.25, -0.2) is 4.79 Å². The average Bonchev–Trinajstić information content (AvgIpc) is 1.85. The average molecular weight is 147 g/mol. The van der Waals surface area contributed by atoms with Crippen LogP contribution in [0.15, 0.2) is 0 Å². The molecule has 0 saturated carbocycles. The fourth-order valence-corrected chi connectivity index (χ4v) is 0.391. The van der Waals surface area contributed by atoms with Gasteiger partial charge in [-0.15, -0.1) is 0 Å². The summed E-state index contributed by atoms with van der Waals surface area (Å²) in [6, 6.07) is 0. The van der Waals surface area contributed by atoms with Gasteiger partial charge in [-0.2, -0.15) is 0 Å². The summed E-state index contributed by atoms with van der Waals surface area (Å²) in [6.45, 7) is 3.46. The molecule has 60 valence electrons. The van der Waals surface area contributed by atoms with Crippen LogP contribution in [0.25, 0.3) is 0 Å². The first-order valence-electron chi connectivity index (χ1n) is 3.17. The predicted molar refractivity (Wildman–Crippen MR) is 36.9 cm³/mol. The maximum Gasteiger partial charge on any atom is 0.404 e. The predicted octanol–water partition coefficient (Wildman–Crippen LogP) is 0.415. The molecule has 0 spiro atoms. The smallest absolute Gasteiger partial charge is 0.404 e. The van der Waals surface area contributed by atoms with Crippen molar-refractivity contribution in [1.82, 2.24) is 5.32 Å². The van der Waals surface area contributed by atoms with Crippen LogP contribution in [0.3, 0.4) is 0 Å². The zero-order valence-corrected chi connectivity index (χ0v) is 6.22. The minimum atomic E-state index is -1.10. The third-order valence-corrected chi connectivity index (χ3v) is 1.38. The van der Waals surface area contributed by atoms with E-state index < -0.39 is 11.7 Å². The van der Waals surface area contributed by atoms with Gasteiger partial charge in [0.15, 0.2) is 0 Å². The lowest BCUT2D eigenvalue weighted by Crippen LogP contribution is -2.39. The van der Waals surface area contributed by atoms with Crippen molar-refractivity contribution in [1.29, 1.82) is 0 Å². The highest BCUT2D eigenvalue weighted by Gasteiger charge is 2.17. The van der Waals surface area contributed by atoms with Crippen molar-refractivity contribution in [2.24, 2.45) is 0 Å². The van der Waals surface area contributed by atoms with Crippen LogP contribution < -0.4 is 5.32 Å². The number of nitrogens with one attached hydrogen (secondary N) is 1. The molecule has 0 aliphatic rings. The number of hydrogen-bond acceptors (Lipinski definition) is 2. The molecule has 3 N–H and O–H groups in total. The molecule has 1 atom stereocenters. The molecule has 0 bridgehead atoms. The minimum absolute atomic E-state index is 0.0822. The van der Waals surface area contributed by atoms with Crippen LogP contribution in [-0.2, 0) is 0 Å². The Bertz CT molecular complexity index is 122. The Morgan fingerprint density at radius 3 is 2.50 bits per heavy atom. The molecule has 4 nitrogen and oxygen atoms in total. The molecule has 0 saturated heterocycles. The highest BCUT2D eigenvalue weighted by molar-refractivity contribution is 5.64. The molecule has 0 aliphatic heterocycles. The Kier molecular flexibility index (Phi) is 3.15. The van der Waals surface area contributed by atoms with Gasteiger partial charge in [0.2, 0.25) is 0 Å². The van der Waals surface area contributed by atoms with Crippen LogP contribution in [0.2, 0.25) is 0 Å². The van der Waals surface area contributed by atoms with E-state index in [-0.39, 0.29) is 6.54 Å². The first-order chi connectivity index (χ1) is 4.48. The number of carboxylic acid groups (broad SMARTS) is 1. The normalized spacial score (nSPS) is 15.9. The van der Waals surface area contributed by atoms with Crippen molar-refractivity contribution < 1.29 is 15.0 Å². The second-order valence-corrected chi connectivity index (χ2v) is 2.51. The van der Waals surface area contributed by atoms with Gasteiger partial charge in [0.05, 0.1) is 5.60 Å². The lowest BCUT2D eigenvalue weighted by atomic mass is 10.0. The van der Waals surface area contributed by atoms with Crippen molar-refractivity contribution >= 4 is 6.09 Å². The van der Waals surface area contributed by atoms with Crippen molar-refractivity contribution in [3.8, 4) is 0 Å². The molecule has 0 heterocycles. The van der Waals surface area contributed by atoms with E-state index >= 15 is 0 Å². The fraction of sp³-hybridized carbons (Fsp3) is 0.833. The summed E-state index contributed by atoms with van der Waals surface area (Å²) in [4.78, 5) is 9.94. The van der Waals surface area contributed by atoms with Crippen LogP contribution >= 0.6 is 0 Å². The monoisotopic (exact) mass is 147 g/mol. The number of aliphatic hydroxyl groups is 1. The Hall–Kier alpha value is -0.770. The maximum absolute atomic E-state index is 9.94. The summed E-state index contributed by atoms with van der Waals surface area (Å²) in [5, 5.41) is 19.5. The number of hydrogen-bond donors (Lipinski definition) is 3. The summed E-state index contributed by atoms with van der Waals surface area (Å²) >= 11 is 0. The highest BCUT2D eigenvalue weighted by atomic mass is 16.4. The summed E-state index contributed by atoms with van der Waals surface area (Å²) in [7, 11) is 0. The third-order valence-electron chi connectivity index (χ3n) is 1.38. The Morgan fingerprint density at radius 2 is 2.20 bits per heavy atom. The number of rotatable bonds is 3. The van der Waals surface area contributed by atoms with E-state index in [0.717, 1.165) is 0 Å². The van der Waals surface area contributed by atoms with Gasteiger partial charge < -0.3 is 15.5 Å². The first-order valence-corrected chi connectivity index (χ1v) is 3.17. The van der Waals surface area contributed by atoms with E-state index in [9.17, 15) is 9.90 Å². The molecule has 0 fully saturated rings. The van der Waals surface area contributed by atoms with Crippen LogP contribution in [0.4, 0.5) is 4.79 Å². The molecule has 0 aromatic heterocycles. The quantitative estimate of drug-likeness (QED) is 0.541. The van der Waals surface area contributed by atoms with Crippen LogP contribution in [0.1, 0.15) is 20.3 Å². The van der Waals surface area contributed by atoms with Crippen molar-refractivity contribution in [3.63, 3.8) is 0 Å². The fourth-order valence-electron chi connectivity index (χ4n) is 0.391. The molecule has 1 amide bonds. The first kappa shape index (κ1) is 9.23. The van der Waals surface area contributed by atoms with Gasteiger partial charge in [0, 0.05) is 6.54 Å². The van der Waals surface area contributed by atoms with E-state index in [2.05, 4.69) is 5.32 Å². The van der Waals surface area contributed by atoms with Gasteiger partial charge >= 0.3 is 6.09 Å². The standard InChI is InChI=1S/C6H13NO3/c1-3-6(2,10)4-7-5(8)9/h7,10H,3-4H2,1-2H3,(H,8,9). The molecule has 4 heteroatoms. The topological polar surface area (TPSA) is 69.6 Å². The lowest BCUT2D eigenvalue weighted by Gasteiger charge is -2.20. The van der Waals surface area contributed by atoms with E-state index in [0.29, 0.717) is 6.42 Å². The molecular formula is C6H13NO3. The second-order valence-electron chi connectivity index (χ2n) is 2.51. The lowest BCUT2D eigenvalue weighted by molar-refractivity contribution is 0.0555. The zero-order chi connectivity index (χ0) is 8.20. The van der Waals surface area contributed by atoms with Gasteiger partial charge in [-0.3, -0.25) is 0 Å². The van der Waals surface area contributed by atoms with Crippen LogP contribution in [-0.4, -0.2) is 28.5 Å². The van der Waals surface area contributed by atoms with Crippen molar-refractivity contribution in [2.75, 3.05) is 6.54 Å². The molecule has 0 radical (unpaired) electrons. The van der Waals surface area contributed by atoms with Gasteiger partial charge in [-0.1, -0.05) is 6.92 Å². The number of amides is 1. The zero-order valence-electron chi connectivity index (χ0n) is 6.22. The largest absolute Gasteiger partial charge is 0.465 e. The van der Waals surface area contributed by atoms with Crippen molar-refractivity contribution in [3.05, 3.63) is 0 Å². The van der Waals surface area contributed by atoms with Gasteiger partial charge in [0.25, 0.3) is 0 Å². The third kappa shape index (κ3) is 4.14. The highest BCUT2D eigenvalue weighted by Crippen LogP contribution is 2.05. The van der Waals surface area contributed by atoms with E-state index in [1.54, 1.807) is 13.8 Å². The second kappa shape index (κ2) is 3.41. The maximum atomic E-state index is 9.94. The molecule has 10 heavy (non-hydrogen) atoms. The Balaban J connectivity index is 3.56. The Labute approximate surface area is 59.9 Å². The SMILES string of the molecule is CCC(C)(O)CNC(=O)O. The molecule has 0 rings (SSSR count). The van der Waals surface area contributed by atoms with Crippen molar-refractivity contribution in [2.45, 2.75) is 25.9 Å². The van der Waals surface area contributed by atoms with E-state index in [1.165, 1.54) is 0 Å². The van der Waals surface area contributed by atoms with Gasteiger partial charge in [-0.05, 0) is 13.3 Å². The van der Waals surface area contributed by atoms with Gasteiger partial charge in [0.1, 0.15) is 0 Å². The van der Waals surface area contributed by atoms with Crippen LogP contribution in [0.5, 0.6) is 0 Å². The summed E-state index contributed by atoms with van der Waals surface area (Å²) < 4.78 is 0. The molecular weight excluding hydrogens is 134 g/mol. The summed E-state index contributed by atoms with van der Waals surface area (Å²) in [5.74, 6) is 0. The molecule has 1 unspecified atom stereocenters. The Morgan fingerprint density at radius 1 is 1.70 bits per heavy atom. The molecule has 0 aromatic rings. The minimum Gasteiger partial charge on any atom is -0.465 e. The van der Waals surface area contributed by atoms with E-state index in [4.69, 9.17) is 5.11 Å². The molecule has 0 aliphatic carbocycles. The number of carbonyl (C=O) groups is 1. The molecule has 0 aromatic carbocycles. The van der Waals surface area contributed by atoms with Crippen LogP contribution in [0, 0.1) is 0 Å².